The van der Waals surface area contributed by atoms with Crippen molar-refractivity contribution in [2.45, 2.75) is 0 Å². The van der Waals surface area contributed by atoms with Crippen molar-refractivity contribution in [1.29, 1.82) is 0 Å². The summed E-state index contributed by atoms with van der Waals surface area (Å²) in [4.78, 5) is 13.2. The van der Waals surface area contributed by atoms with Crippen molar-refractivity contribution in [3.8, 4) is 22.3 Å². The Morgan fingerprint density at radius 3 is 1.46 bits per heavy atom. The first-order chi connectivity index (χ1) is 12.7. The third-order valence-corrected chi connectivity index (χ3v) is 5.45. The Morgan fingerprint density at radius 2 is 1.04 bits per heavy atom. The van der Waals surface area contributed by atoms with Crippen molar-refractivity contribution < 1.29 is 13.6 Å². The molecule has 2 heterocycles. The van der Waals surface area contributed by atoms with Crippen LogP contribution in [0, 0.1) is 0 Å². The third-order valence-electron chi connectivity index (χ3n) is 4.07. The fourth-order valence-corrected chi connectivity index (χ4v) is 3.85. The molecular formula is C21H12Br2O3. The van der Waals surface area contributed by atoms with Crippen LogP contribution in [0.3, 0.4) is 0 Å². The summed E-state index contributed by atoms with van der Waals surface area (Å²) in [5, 5.41) is 0. The molecule has 0 aliphatic rings. The summed E-state index contributed by atoms with van der Waals surface area (Å²) in [7, 11) is 0. The van der Waals surface area contributed by atoms with Crippen LogP contribution >= 0.6 is 31.9 Å². The molecule has 0 amide bonds. The molecule has 3 nitrogen and oxygen atoms in total. The molecule has 0 aliphatic carbocycles. The van der Waals surface area contributed by atoms with E-state index in [-0.39, 0.29) is 17.3 Å². The van der Waals surface area contributed by atoms with Crippen LogP contribution in [-0.4, -0.2) is 5.78 Å². The molecule has 26 heavy (non-hydrogen) atoms. The van der Waals surface area contributed by atoms with Crippen molar-refractivity contribution in [3.05, 3.63) is 93.7 Å². The molecule has 0 radical (unpaired) electrons. The first-order valence-corrected chi connectivity index (χ1v) is 9.45. The number of halogens is 2. The Balaban J connectivity index is 1.81. The van der Waals surface area contributed by atoms with Crippen molar-refractivity contribution in [3.63, 3.8) is 0 Å². The van der Waals surface area contributed by atoms with E-state index in [1.165, 1.54) is 12.5 Å². The van der Waals surface area contributed by atoms with E-state index in [2.05, 4.69) is 31.9 Å². The smallest absolute Gasteiger partial charge is 0.264 e. The molecule has 2 aromatic heterocycles. The first-order valence-electron chi connectivity index (χ1n) is 7.86. The second kappa shape index (κ2) is 7.09. The zero-order chi connectivity index (χ0) is 18.1. The lowest BCUT2D eigenvalue weighted by Gasteiger charge is -2.06. The van der Waals surface area contributed by atoms with Gasteiger partial charge in [0.25, 0.3) is 5.78 Å². The van der Waals surface area contributed by atoms with E-state index in [9.17, 15) is 4.79 Å². The Bertz CT molecular complexity index is 1010. The highest BCUT2D eigenvalue weighted by atomic mass is 79.9. The van der Waals surface area contributed by atoms with Gasteiger partial charge in [-0.1, -0.05) is 68.3 Å². The van der Waals surface area contributed by atoms with E-state index in [0.717, 1.165) is 31.2 Å². The average molecular weight is 472 g/mol. The summed E-state index contributed by atoms with van der Waals surface area (Å²) in [5.74, 6) is 0.205. The fourth-order valence-electron chi connectivity index (χ4n) is 2.86. The molecule has 0 bridgehead atoms. The van der Waals surface area contributed by atoms with Gasteiger partial charge in [0.05, 0.1) is 12.5 Å². The number of hydrogen-bond acceptors (Lipinski definition) is 3. The van der Waals surface area contributed by atoms with Gasteiger partial charge in [-0.3, -0.25) is 4.79 Å². The summed E-state index contributed by atoms with van der Waals surface area (Å²) < 4.78 is 12.9. The minimum Gasteiger partial charge on any atom is -0.460 e. The van der Waals surface area contributed by atoms with Gasteiger partial charge in [0.15, 0.2) is 11.5 Å². The van der Waals surface area contributed by atoms with Crippen molar-refractivity contribution in [2.24, 2.45) is 0 Å². The number of carbonyl (C=O) groups is 1. The Labute approximate surface area is 166 Å². The fraction of sp³-hybridized carbons (Fsp3) is 0. The van der Waals surface area contributed by atoms with Crippen LogP contribution < -0.4 is 0 Å². The van der Waals surface area contributed by atoms with Crippen LogP contribution in [0.1, 0.15) is 16.3 Å². The van der Waals surface area contributed by atoms with Gasteiger partial charge in [0.1, 0.15) is 0 Å². The lowest BCUT2D eigenvalue weighted by atomic mass is 10.00. The van der Waals surface area contributed by atoms with Gasteiger partial charge in [-0.15, -0.1) is 0 Å². The van der Waals surface area contributed by atoms with Crippen LogP contribution in [0.15, 0.2) is 91.0 Å². The van der Waals surface area contributed by atoms with Gasteiger partial charge in [0, 0.05) is 20.1 Å². The topological polar surface area (TPSA) is 43.4 Å². The number of benzene rings is 2. The maximum absolute atomic E-state index is 13.2. The molecule has 2 aromatic carbocycles. The quantitative estimate of drug-likeness (QED) is 0.302. The number of rotatable bonds is 4. The number of ketones is 1. The van der Waals surface area contributed by atoms with E-state index in [0.29, 0.717) is 0 Å². The SMILES string of the molecule is O=C(c1occc1-c1ccccc1Br)c1occc1-c1ccccc1Br. The highest BCUT2D eigenvalue weighted by molar-refractivity contribution is 9.11. The van der Waals surface area contributed by atoms with Crippen LogP contribution in [-0.2, 0) is 0 Å². The lowest BCUT2D eigenvalue weighted by Crippen LogP contribution is -2.02. The molecule has 5 heteroatoms. The predicted octanol–water partition coefficient (Wildman–Crippen LogP) is 6.96. The molecule has 0 fully saturated rings. The molecule has 0 saturated carbocycles. The van der Waals surface area contributed by atoms with E-state index in [1.807, 2.05) is 48.5 Å². The third kappa shape index (κ3) is 2.97. The van der Waals surface area contributed by atoms with Gasteiger partial charge in [-0.05, 0) is 35.4 Å². The molecule has 0 saturated heterocycles. The summed E-state index contributed by atoms with van der Waals surface area (Å²) >= 11 is 7.06. The zero-order valence-electron chi connectivity index (χ0n) is 13.4. The maximum Gasteiger partial charge on any atom is 0.264 e. The maximum atomic E-state index is 13.2. The molecule has 0 aliphatic heterocycles. The van der Waals surface area contributed by atoms with E-state index in [1.54, 1.807) is 12.1 Å². The van der Waals surface area contributed by atoms with Gasteiger partial charge in [-0.2, -0.15) is 0 Å². The second-order valence-corrected chi connectivity index (χ2v) is 7.32. The largest absolute Gasteiger partial charge is 0.460 e. The molecule has 4 rings (SSSR count). The zero-order valence-corrected chi connectivity index (χ0v) is 16.6. The van der Waals surface area contributed by atoms with Gasteiger partial charge in [-0.25, -0.2) is 0 Å². The van der Waals surface area contributed by atoms with Crippen molar-refractivity contribution >= 4 is 37.6 Å². The Kier molecular flexibility index (Phi) is 4.66. The highest BCUT2D eigenvalue weighted by Crippen LogP contribution is 2.36. The van der Waals surface area contributed by atoms with E-state index in [4.69, 9.17) is 8.83 Å². The molecule has 0 atom stereocenters. The van der Waals surface area contributed by atoms with Crippen molar-refractivity contribution in [1.82, 2.24) is 0 Å². The predicted molar refractivity (Wildman–Crippen MR) is 107 cm³/mol. The summed E-state index contributed by atoms with van der Waals surface area (Å²) in [6.45, 7) is 0. The van der Waals surface area contributed by atoms with Crippen molar-refractivity contribution in [2.75, 3.05) is 0 Å². The highest BCUT2D eigenvalue weighted by Gasteiger charge is 2.25. The average Bonchev–Trinajstić information content (AvgIpc) is 3.31. The first kappa shape index (κ1) is 17.1. The normalized spacial score (nSPS) is 10.8. The van der Waals surface area contributed by atoms with Crippen LogP contribution in [0.2, 0.25) is 0 Å². The Hall–Kier alpha value is -2.37. The standard InChI is InChI=1S/C21H12Br2O3/c22-17-7-3-1-5-13(17)15-9-11-25-20(15)19(24)21-16(10-12-26-21)14-6-2-4-8-18(14)23/h1-12H. The van der Waals surface area contributed by atoms with Crippen LogP contribution in [0.4, 0.5) is 0 Å². The molecule has 0 unspecified atom stereocenters. The number of carbonyl (C=O) groups excluding carboxylic acids is 1. The van der Waals surface area contributed by atoms with Gasteiger partial charge < -0.3 is 8.83 Å². The van der Waals surface area contributed by atoms with Gasteiger partial charge >= 0.3 is 0 Å². The van der Waals surface area contributed by atoms with Crippen LogP contribution in [0.25, 0.3) is 22.3 Å². The van der Waals surface area contributed by atoms with Crippen LogP contribution in [0.5, 0.6) is 0 Å². The number of hydrogen-bond donors (Lipinski definition) is 0. The second-order valence-electron chi connectivity index (χ2n) is 5.62. The summed E-state index contributed by atoms with van der Waals surface area (Å²) in [5.41, 5.74) is 3.21. The van der Waals surface area contributed by atoms with Gasteiger partial charge in [0.2, 0.25) is 0 Å². The van der Waals surface area contributed by atoms with E-state index < -0.39 is 0 Å². The summed E-state index contributed by atoms with van der Waals surface area (Å²) in [6, 6.07) is 19.0. The molecule has 0 spiro atoms. The monoisotopic (exact) mass is 470 g/mol. The molecule has 0 N–H and O–H groups in total. The molecular weight excluding hydrogens is 460 g/mol. The minimum absolute atomic E-state index is 0.250. The summed E-state index contributed by atoms with van der Waals surface area (Å²) in [6.07, 6.45) is 3.03. The van der Waals surface area contributed by atoms with E-state index >= 15 is 0 Å². The lowest BCUT2D eigenvalue weighted by molar-refractivity contribution is 0.0985. The molecule has 4 aromatic rings. The number of furan rings is 2. The Morgan fingerprint density at radius 1 is 0.615 bits per heavy atom. The molecule has 128 valence electrons. The minimum atomic E-state index is -0.295.